The van der Waals surface area contributed by atoms with Crippen molar-refractivity contribution < 1.29 is 4.74 Å². The van der Waals surface area contributed by atoms with Gasteiger partial charge in [-0.05, 0) is 41.3 Å². The Morgan fingerprint density at radius 2 is 1.85 bits per heavy atom. The summed E-state index contributed by atoms with van der Waals surface area (Å²) in [4.78, 5) is 7.21. The standard InChI is InChI=1S/C22H25N3O/c1-23-22-16-19(18-5-3-2-4-6-18)20-15-17(7-8-21(20)24-22)9-10-25-11-13-26-14-12-25/h2-8,15-16H,9-14H2,1H3,(H,23,24). The van der Waals surface area contributed by atoms with Crippen LogP contribution < -0.4 is 5.32 Å². The number of aromatic nitrogens is 1. The van der Waals surface area contributed by atoms with Crippen LogP contribution in [0.4, 0.5) is 5.82 Å². The monoisotopic (exact) mass is 347 g/mol. The summed E-state index contributed by atoms with van der Waals surface area (Å²) in [6.45, 7) is 4.86. The molecule has 134 valence electrons. The van der Waals surface area contributed by atoms with Gasteiger partial charge in [0.05, 0.1) is 18.7 Å². The van der Waals surface area contributed by atoms with Crippen LogP contribution in [0.25, 0.3) is 22.0 Å². The molecule has 0 unspecified atom stereocenters. The van der Waals surface area contributed by atoms with Gasteiger partial charge in [-0.1, -0.05) is 36.4 Å². The van der Waals surface area contributed by atoms with Gasteiger partial charge in [-0.2, -0.15) is 0 Å². The summed E-state index contributed by atoms with van der Waals surface area (Å²) in [5.41, 5.74) is 4.85. The van der Waals surface area contributed by atoms with Crippen molar-refractivity contribution in [1.29, 1.82) is 0 Å². The van der Waals surface area contributed by atoms with E-state index in [1.54, 1.807) is 0 Å². The minimum atomic E-state index is 0.854. The molecule has 4 heteroatoms. The van der Waals surface area contributed by atoms with Crippen molar-refractivity contribution in [3.05, 3.63) is 60.2 Å². The zero-order valence-electron chi connectivity index (χ0n) is 15.2. The first-order chi connectivity index (χ1) is 12.8. The third-order valence-electron chi connectivity index (χ3n) is 5.03. The minimum absolute atomic E-state index is 0.854. The minimum Gasteiger partial charge on any atom is -0.379 e. The predicted octanol–water partition coefficient (Wildman–Crippen LogP) is 3.82. The zero-order chi connectivity index (χ0) is 17.8. The Labute approximate surface area is 154 Å². The molecule has 2 aromatic carbocycles. The van der Waals surface area contributed by atoms with E-state index in [9.17, 15) is 0 Å². The summed E-state index contributed by atoms with van der Waals surface area (Å²) in [6.07, 6.45) is 1.05. The number of nitrogens with one attached hydrogen (secondary N) is 1. The molecule has 4 rings (SSSR count). The lowest BCUT2D eigenvalue weighted by atomic mass is 9.98. The molecule has 1 fully saturated rings. The van der Waals surface area contributed by atoms with E-state index in [1.165, 1.54) is 22.1 Å². The number of benzene rings is 2. The fourth-order valence-corrected chi connectivity index (χ4v) is 3.53. The van der Waals surface area contributed by atoms with E-state index in [2.05, 4.69) is 64.8 Å². The maximum absolute atomic E-state index is 5.44. The van der Waals surface area contributed by atoms with Gasteiger partial charge < -0.3 is 10.1 Å². The number of morpholine rings is 1. The number of ether oxygens (including phenoxy) is 1. The van der Waals surface area contributed by atoms with Gasteiger partial charge in [0.1, 0.15) is 5.82 Å². The molecule has 1 aromatic heterocycles. The average Bonchev–Trinajstić information content (AvgIpc) is 2.72. The molecule has 0 atom stereocenters. The van der Waals surface area contributed by atoms with Gasteiger partial charge in [0.2, 0.25) is 0 Å². The van der Waals surface area contributed by atoms with Crippen molar-refractivity contribution in [3.63, 3.8) is 0 Å². The summed E-state index contributed by atoms with van der Waals surface area (Å²) in [5, 5.41) is 4.40. The molecule has 1 N–H and O–H groups in total. The van der Waals surface area contributed by atoms with Gasteiger partial charge in [-0.3, -0.25) is 4.90 Å². The third-order valence-corrected chi connectivity index (χ3v) is 5.03. The van der Waals surface area contributed by atoms with Gasteiger partial charge in [0, 0.05) is 32.1 Å². The second-order valence-electron chi connectivity index (χ2n) is 6.73. The Morgan fingerprint density at radius 3 is 2.62 bits per heavy atom. The zero-order valence-corrected chi connectivity index (χ0v) is 15.2. The van der Waals surface area contributed by atoms with Crippen LogP contribution in [-0.4, -0.2) is 49.8 Å². The van der Waals surface area contributed by atoms with Crippen LogP contribution >= 0.6 is 0 Å². The van der Waals surface area contributed by atoms with Crippen molar-refractivity contribution in [2.75, 3.05) is 45.2 Å². The Hall–Kier alpha value is -2.43. The molecule has 4 nitrogen and oxygen atoms in total. The highest BCUT2D eigenvalue weighted by atomic mass is 16.5. The SMILES string of the molecule is CNc1cc(-c2ccccc2)c2cc(CCN3CCOCC3)ccc2n1. The molecule has 3 aromatic rings. The smallest absolute Gasteiger partial charge is 0.127 e. The Bertz CT molecular complexity index is 873. The molecule has 2 heterocycles. The van der Waals surface area contributed by atoms with Crippen molar-refractivity contribution in [1.82, 2.24) is 9.88 Å². The number of anilines is 1. The van der Waals surface area contributed by atoms with Crippen LogP contribution in [0.1, 0.15) is 5.56 Å². The maximum Gasteiger partial charge on any atom is 0.127 e. The van der Waals surface area contributed by atoms with E-state index < -0.39 is 0 Å². The quantitative estimate of drug-likeness (QED) is 0.761. The molecular weight excluding hydrogens is 322 g/mol. The molecule has 0 bridgehead atoms. The fourth-order valence-electron chi connectivity index (χ4n) is 3.53. The molecule has 0 saturated carbocycles. The van der Waals surface area contributed by atoms with E-state index in [4.69, 9.17) is 9.72 Å². The van der Waals surface area contributed by atoms with Crippen LogP contribution in [-0.2, 0) is 11.2 Å². The van der Waals surface area contributed by atoms with E-state index >= 15 is 0 Å². The number of fused-ring (bicyclic) bond motifs is 1. The van der Waals surface area contributed by atoms with Crippen LogP contribution in [0.2, 0.25) is 0 Å². The lowest BCUT2D eigenvalue weighted by Gasteiger charge is -2.26. The molecule has 1 aliphatic heterocycles. The van der Waals surface area contributed by atoms with Crippen molar-refractivity contribution in [3.8, 4) is 11.1 Å². The van der Waals surface area contributed by atoms with Crippen LogP contribution in [0.15, 0.2) is 54.6 Å². The summed E-state index contributed by atoms with van der Waals surface area (Å²) >= 11 is 0. The van der Waals surface area contributed by atoms with Gasteiger partial charge >= 0.3 is 0 Å². The van der Waals surface area contributed by atoms with Crippen LogP contribution in [0, 0.1) is 0 Å². The first-order valence-electron chi connectivity index (χ1n) is 9.30. The Balaban J connectivity index is 1.67. The van der Waals surface area contributed by atoms with E-state index in [0.29, 0.717) is 0 Å². The predicted molar refractivity (Wildman–Crippen MR) is 108 cm³/mol. The second kappa shape index (κ2) is 7.85. The number of nitrogens with zero attached hydrogens (tertiary/aromatic N) is 2. The second-order valence-corrected chi connectivity index (χ2v) is 6.73. The van der Waals surface area contributed by atoms with Gasteiger partial charge in [0.15, 0.2) is 0 Å². The topological polar surface area (TPSA) is 37.4 Å². The van der Waals surface area contributed by atoms with Gasteiger partial charge in [-0.15, -0.1) is 0 Å². The lowest BCUT2D eigenvalue weighted by molar-refractivity contribution is 0.0384. The molecule has 0 radical (unpaired) electrons. The highest BCUT2D eigenvalue weighted by Crippen LogP contribution is 2.31. The molecular formula is C22H25N3O. The number of rotatable bonds is 5. The summed E-state index contributed by atoms with van der Waals surface area (Å²) < 4.78 is 5.44. The number of hydrogen-bond donors (Lipinski definition) is 1. The molecule has 26 heavy (non-hydrogen) atoms. The van der Waals surface area contributed by atoms with E-state index in [0.717, 1.165) is 50.6 Å². The molecule has 1 saturated heterocycles. The summed E-state index contributed by atoms with van der Waals surface area (Å²) in [7, 11) is 1.92. The normalized spacial score (nSPS) is 15.3. The Morgan fingerprint density at radius 1 is 1.04 bits per heavy atom. The first kappa shape index (κ1) is 17.0. The van der Waals surface area contributed by atoms with E-state index in [1.807, 2.05) is 7.05 Å². The maximum atomic E-state index is 5.44. The first-order valence-corrected chi connectivity index (χ1v) is 9.30. The summed E-state index contributed by atoms with van der Waals surface area (Å²) in [6, 6.07) is 19.4. The highest BCUT2D eigenvalue weighted by molar-refractivity contribution is 5.96. The fraction of sp³-hybridized carbons (Fsp3) is 0.318. The number of hydrogen-bond acceptors (Lipinski definition) is 4. The molecule has 0 amide bonds. The molecule has 0 spiro atoms. The molecule has 1 aliphatic rings. The third kappa shape index (κ3) is 3.71. The van der Waals surface area contributed by atoms with Crippen LogP contribution in [0.5, 0.6) is 0 Å². The van der Waals surface area contributed by atoms with Crippen molar-refractivity contribution >= 4 is 16.7 Å². The largest absolute Gasteiger partial charge is 0.379 e. The highest BCUT2D eigenvalue weighted by Gasteiger charge is 2.12. The van der Waals surface area contributed by atoms with Crippen molar-refractivity contribution in [2.24, 2.45) is 0 Å². The lowest BCUT2D eigenvalue weighted by Crippen LogP contribution is -2.37. The number of pyridine rings is 1. The van der Waals surface area contributed by atoms with Gasteiger partial charge in [0.25, 0.3) is 0 Å². The van der Waals surface area contributed by atoms with E-state index in [-0.39, 0.29) is 0 Å². The van der Waals surface area contributed by atoms with Gasteiger partial charge in [-0.25, -0.2) is 4.98 Å². The van der Waals surface area contributed by atoms with Crippen molar-refractivity contribution in [2.45, 2.75) is 6.42 Å². The average molecular weight is 347 g/mol. The molecule has 0 aliphatic carbocycles. The van der Waals surface area contributed by atoms with Crippen LogP contribution in [0.3, 0.4) is 0 Å². The Kier molecular flexibility index (Phi) is 5.14. The summed E-state index contributed by atoms with van der Waals surface area (Å²) in [5.74, 6) is 0.900.